The molecule has 0 aromatic heterocycles. The Morgan fingerprint density at radius 1 is 1.39 bits per heavy atom. The molecule has 1 unspecified atom stereocenters. The summed E-state index contributed by atoms with van der Waals surface area (Å²) >= 11 is 6.56. The van der Waals surface area contributed by atoms with Crippen LogP contribution in [0.15, 0.2) is 12.2 Å². The van der Waals surface area contributed by atoms with E-state index in [1.165, 1.54) is 12.0 Å². The molecular formula is C17H28ClNO4. The lowest BCUT2D eigenvalue weighted by Gasteiger charge is -2.48. The normalized spacial score (nSPS) is 25.1. The number of carbonyl (C=O) groups excluding carboxylic acids is 1. The topological polar surface area (TPSA) is 66.8 Å². The van der Waals surface area contributed by atoms with Crippen LogP contribution in [0.4, 0.5) is 4.79 Å². The lowest BCUT2D eigenvalue weighted by Crippen LogP contribution is -2.59. The van der Waals surface area contributed by atoms with E-state index in [0.29, 0.717) is 25.8 Å². The maximum Gasteiger partial charge on any atom is 0.407 e. The number of ether oxygens (including phenoxy) is 1. The van der Waals surface area contributed by atoms with E-state index in [4.69, 9.17) is 11.6 Å². The Labute approximate surface area is 143 Å². The van der Waals surface area contributed by atoms with Gasteiger partial charge in [-0.15, -0.1) is 11.6 Å². The summed E-state index contributed by atoms with van der Waals surface area (Å²) in [7, 11) is 1.38. The number of allylic oxidation sites excluding steroid dienone is 1. The first-order chi connectivity index (χ1) is 10.7. The van der Waals surface area contributed by atoms with Crippen molar-refractivity contribution in [1.82, 2.24) is 4.90 Å². The molecule has 0 bridgehead atoms. The van der Waals surface area contributed by atoms with Crippen LogP contribution in [0.5, 0.6) is 0 Å². The zero-order valence-electron chi connectivity index (χ0n) is 14.5. The van der Waals surface area contributed by atoms with Crippen molar-refractivity contribution in [3.05, 3.63) is 12.2 Å². The highest BCUT2D eigenvalue weighted by Gasteiger charge is 2.56. The van der Waals surface area contributed by atoms with Gasteiger partial charge in [-0.1, -0.05) is 32.9 Å². The van der Waals surface area contributed by atoms with Crippen LogP contribution < -0.4 is 0 Å². The fraction of sp³-hybridized carbons (Fsp3) is 0.765. The molecule has 6 heteroatoms. The minimum atomic E-state index is -0.915. The van der Waals surface area contributed by atoms with E-state index in [-0.39, 0.29) is 16.8 Å². The van der Waals surface area contributed by atoms with Crippen molar-refractivity contribution in [3.63, 3.8) is 0 Å². The molecule has 0 radical (unpaired) electrons. The van der Waals surface area contributed by atoms with Crippen LogP contribution in [-0.4, -0.2) is 46.6 Å². The van der Waals surface area contributed by atoms with Crippen molar-refractivity contribution in [2.45, 2.75) is 63.8 Å². The van der Waals surface area contributed by atoms with E-state index < -0.39 is 11.6 Å². The molecular weight excluding hydrogens is 318 g/mol. The molecule has 5 nitrogen and oxygen atoms in total. The zero-order chi connectivity index (χ0) is 17.7. The number of alkyl halides is 1. The monoisotopic (exact) mass is 345 g/mol. The number of hydrogen-bond acceptors (Lipinski definition) is 3. The van der Waals surface area contributed by atoms with Gasteiger partial charge in [0.25, 0.3) is 0 Å². The quantitative estimate of drug-likeness (QED) is 0.341. The van der Waals surface area contributed by atoms with Crippen molar-refractivity contribution in [1.29, 1.82) is 0 Å². The molecule has 0 saturated carbocycles. The van der Waals surface area contributed by atoms with Gasteiger partial charge in [0.1, 0.15) is 0 Å². The third-order valence-electron chi connectivity index (χ3n) is 4.71. The molecule has 1 aliphatic heterocycles. The summed E-state index contributed by atoms with van der Waals surface area (Å²) in [5.41, 5.74) is -0.885. The summed E-state index contributed by atoms with van der Waals surface area (Å²) in [6, 6.07) is 0. The fourth-order valence-corrected chi connectivity index (χ4v) is 4.01. The first kappa shape index (κ1) is 19.8. The van der Waals surface area contributed by atoms with Gasteiger partial charge in [-0.05, 0) is 31.1 Å². The van der Waals surface area contributed by atoms with Crippen LogP contribution in [0.1, 0.15) is 52.9 Å². The van der Waals surface area contributed by atoms with E-state index in [1.807, 2.05) is 32.9 Å². The molecule has 132 valence electrons. The highest BCUT2D eigenvalue weighted by molar-refractivity contribution is 6.22. The van der Waals surface area contributed by atoms with Crippen LogP contribution in [0.3, 0.4) is 0 Å². The van der Waals surface area contributed by atoms with Gasteiger partial charge in [-0.2, -0.15) is 0 Å². The van der Waals surface area contributed by atoms with Crippen molar-refractivity contribution < 1.29 is 19.4 Å². The molecule has 0 spiro atoms. The van der Waals surface area contributed by atoms with Crippen LogP contribution in [0.25, 0.3) is 0 Å². The molecule has 0 aromatic rings. The van der Waals surface area contributed by atoms with E-state index in [9.17, 15) is 14.7 Å². The minimum absolute atomic E-state index is 0.210. The average Bonchev–Trinajstić information content (AvgIpc) is 2.80. The Morgan fingerprint density at radius 3 is 2.57 bits per heavy atom. The zero-order valence-corrected chi connectivity index (χ0v) is 15.2. The number of likely N-dealkylation sites (tertiary alicyclic amines) is 1. The van der Waals surface area contributed by atoms with E-state index in [1.54, 1.807) is 0 Å². The van der Waals surface area contributed by atoms with Gasteiger partial charge in [0.2, 0.25) is 0 Å². The molecule has 1 amide bonds. The highest BCUT2D eigenvalue weighted by Crippen LogP contribution is 2.48. The molecule has 1 N–H and O–H groups in total. The number of carboxylic acid groups (broad SMARTS) is 1. The highest BCUT2D eigenvalue weighted by atomic mass is 35.5. The number of hydrogen-bond donors (Lipinski definition) is 1. The molecule has 1 fully saturated rings. The lowest BCUT2D eigenvalue weighted by molar-refractivity contribution is -0.140. The molecule has 1 heterocycles. The van der Waals surface area contributed by atoms with Crippen molar-refractivity contribution in [2.75, 3.05) is 13.7 Å². The number of unbranched alkanes of at least 4 members (excludes halogenated alkanes) is 1. The van der Waals surface area contributed by atoms with Gasteiger partial charge in [-0.3, -0.25) is 4.79 Å². The number of methoxy groups -OCH3 is 1. The third-order valence-corrected chi connectivity index (χ3v) is 5.29. The largest absolute Gasteiger partial charge is 0.469 e. The predicted octanol–water partition coefficient (Wildman–Crippen LogP) is 4.05. The number of carbonyl (C=O) groups is 2. The van der Waals surface area contributed by atoms with Gasteiger partial charge in [0.05, 0.1) is 18.0 Å². The molecule has 2 atom stereocenters. The minimum Gasteiger partial charge on any atom is -0.469 e. The number of esters is 1. The fourth-order valence-electron chi connectivity index (χ4n) is 3.38. The first-order valence-corrected chi connectivity index (χ1v) is 8.47. The van der Waals surface area contributed by atoms with Crippen molar-refractivity contribution in [3.8, 4) is 0 Å². The second-order valence-electron chi connectivity index (χ2n) is 7.01. The third kappa shape index (κ3) is 4.40. The second kappa shape index (κ2) is 8.04. The summed E-state index contributed by atoms with van der Waals surface area (Å²) in [5.74, 6) is -0.210. The average molecular weight is 346 g/mol. The summed E-state index contributed by atoms with van der Waals surface area (Å²) < 4.78 is 4.60. The summed E-state index contributed by atoms with van der Waals surface area (Å²) in [6.07, 6.45) is 6.20. The Hall–Kier alpha value is -1.23. The molecule has 1 aliphatic rings. The molecule has 0 aromatic carbocycles. The van der Waals surface area contributed by atoms with E-state index in [0.717, 1.165) is 12.8 Å². The summed E-state index contributed by atoms with van der Waals surface area (Å²) in [6.45, 7) is 6.58. The Bertz CT molecular complexity index is 458. The first-order valence-electron chi connectivity index (χ1n) is 8.03. The maximum atomic E-state index is 11.6. The van der Waals surface area contributed by atoms with Crippen LogP contribution >= 0.6 is 11.6 Å². The molecule has 0 aliphatic carbocycles. The van der Waals surface area contributed by atoms with Gasteiger partial charge < -0.3 is 14.7 Å². The van der Waals surface area contributed by atoms with Crippen molar-refractivity contribution >= 4 is 23.7 Å². The van der Waals surface area contributed by atoms with Gasteiger partial charge in [0.15, 0.2) is 0 Å². The molecule has 23 heavy (non-hydrogen) atoms. The smallest absolute Gasteiger partial charge is 0.407 e. The number of rotatable bonds is 6. The van der Waals surface area contributed by atoms with Crippen LogP contribution in [0.2, 0.25) is 0 Å². The Morgan fingerprint density at radius 2 is 2.04 bits per heavy atom. The lowest BCUT2D eigenvalue weighted by atomic mass is 9.69. The maximum absolute atomic E-state index is 11.6. The van der Waals surface area contributed by atoms with Crippen LogP contribution in [0, 0.1) is 5.41 Å². The Kier molecular flexibility index (Phi) is 6.93. The Balaban J connectivity index is 2.77. The number of amides is 1. The summed E-state index contributed by atoms with van der Waals surface area (Å²) in [4.78, 5) is 24.2. The number of halogens is 1. The summed E-state index contributed by atoms with van der Waals surface area (Å²) in [5, 5.41) is 9.34. The van der Waals surface area contributed by atoms with E-state index >= 15 is 0 Å². The second-order valence-corrected chi connectivity index (χ2v) is 7.54. The molecule has 1 rings (SSSR count). The van der Waals surface area contributed by atoms with E-state index in [2.05, 4.69) is 4.74 Å². The van der Waals surface area contributed by atoms with Gasteiger partial charge >= 0.3 is 12.1 Å². The standard InChI is InChI=1S/C17H28ClNO4/c1-16(2,3)17(13(18)10-12-19(17)15(21)22)11-8-6-5-7-9-14(20)23-4/h6,8,13H,5,7,9-12H2,1-4H3,(H,21,22)/t13?,17-/m0/s1. The SMILES string of the molecule is COC(=O)CCCC=CC[C@@]1(C(C)(C)C)C(Cl)CCN1C(=O)O. The van der Waals surface area contributed by atoms with Gasteiger partial charge in [0, 0.05) is 13.0 Å². The van der Waals surface area contributed by atoms with Crippen molar-refractivity contribution in [2.24, 2.45) is 5.41 Å². The number of nitrogens with zero attached hydrogens (tertiary/aromatic N) is 1. The predicted molar refractivity (Wildman–Crippen MR) is 90.8 cm³/mol. The van der Waals surface area contributed by atoms with Gasteiger partial charge in [-0.25, -0.2) is 4.79 Å². The molecule has 1 saturated heterocycles. The van der Waals surface area contributed by atoms with Crippen LogP contribution in [-0.2, 0) is 9.53 Å².